The molecule has 28 heavy (non-hydrogen) atoms. The first-order valence-corrected chi connectivity index (χ1v) is 11.9. The highest BCUT2D eigenvalue weighted by Gasteiger charge is 2.31. The van der Waals surface area contributed by atoms with Gasteiger partial charge in [0, 0.05) is 24.0 Å². The van der Waals surface area contributed by atoms with Gasteiger partial charge in [0.15, 0.2) is 0 Å². The molecule has 1 saturated heterocycles. The van der Waals surface area contributed by atoms with Gasteiger partial charge >= 0.3 is 6.09 Å². The zero-order chi connectivity index (χ0) is 20.0. The van der Waals surface area contributed by atoms with Crippen LogP contribution in [-0.2, 0) is 27.8 Å². The van der Waals surface area contributed by atoms with E-state index in [1.54, 1.807) is 16.2 Å². The van der Waals surface area contributed by atoms with Crippen LogP contribution in [0, 0.1) is 5.92 Å². The van der Waals surface area contributed by atoms with Gasteiger partial charge in [0.05, 0.1) is 5.75 Å². The predicted molar refractivity (Wildman–Crippen MR) is 111 cm³/mol. The van der Waals surface area contributed by atoms with E-state index in [0.29, 0.717) is 25.9 Å². The summed E-state index contributed by atoms with van der Waals surface area (Å²) in [4.78, 5) is 15.0. The minimum atomic E-state index is -3.40. The van der Waals surface area contributed by atoms with Gasteiger partial charge < -0.3 is 9.64 Å². The van der Waals surface area contributed by atoms with Gasteiger partial charge in [0.25, 0.3) is 0 Å². The summed E-state index contributed by atoms with van der Waals surface area (Å²) in [5, 5.41) is 1.99. The lowest BCUT2D eigenvalue weighted by molar-refractivity contribution is 0.103. The van der Waals surface area contributed by atoms with Crippen LogP contribution in [0.4, 0.5) is 4.79 Å². The molecule has 152 valence electrons. The third-order valence-electron chi connectivity index (χ3n) is 4.67. The maximum absolute atomic E-state index is 12.5. The monoisotopic (exact) mass is 422 g/mol. The summed E-state index contributed by atoms with van der Waals surface area (Å²) in [6.07, 6.45) is 0.961. The zero-order valence-corrected chi connectivity index (χ0v) is 17.5. The number of benzene rings is 1. The highest BCUT2D eigenvalue weighted by atomic mass is 32.2. The summed E-state index contributed by atoms with van der Waals surface area (Å²) in [5.41, 5.74) is 0.929. The fraction of sp³-hybridized carbons (Fsp3) is 0.450. The van der Waals surface area contributed by atoms with Crippen LogP contribution in [0.5, 0.6) is 0 Å². The second-order valence-corrected chi connectivity index (χ2v) is 10.1. The predicted octanol–water partition coefficient (Wildman–Crippen LogP) is 3.26. The van der Waals surface area contributed by atoms with Crippen molar-refractivity contribution in [3.63, 3.8) is 0 Å². The largest absolute Gasteiger partial charge is 0.445 e. The Hall–Kier alpha value is -1.90. The molecule has 1 aromatic heterocycles. The number of likely N-dealkylation sites (tertiary alicyclic amines) is 1. The molecule has 0 saturated carbocycles. The van der Waals surface area contributed by atoms with Crippen molar-refractivity contribution in [1.82, 2.24) is 9.62 Å². The lowest BCUT2D eigenvalue weighted by Gasteiger charge is -2.18. The summed E-state index contributed by atoms with van der Waals surface area (Å²) >= 11 is 1.62. The summed E-state index contributed by atoms with van der Waals surface area (Å²) < 4.78 is 33.0. The Balaban J connectivity index is 1.43. The topological polar surface area (TPSA) is 75.7 Å². The molecule has 0 spiro atoms. The molecule has 2 atom stereocenters. The maximum atomic E-state index is 12.5. The Morgan fingerprint density at radius 1 is 1.29 bits per heavy atom. The fourth-order valence-electron chi connectivity index (χ4n) is 3.38. The van der Waals surface area contributed by atoms with Gasteiger partial charge in [-0.2, -0.15) is 0 Å². The van der Waals surface area contributed by atoms with Crippen LogP contribution in [0.3, 0.4) is 0 Å². The minimum Gasteiger partial charge on any atom is -0.445 e. The highest BCUT2D eigenvalue weighted by molar-refractivity contribution is 7.89. The van der Waals surface area contributed by atoms with Crippen molar-refractivity contribution in [2.24, 2.45) is 5.92 Å². The van der Waals surface area contributed by atoms with E-state index in [4.69, 9.17) is 4.74 Å². The number of nitrogens with one attached hydrogen (secondary N) is 1. The molecule has 0 radical (unpaired) electrons. The Labute approximate surface area is 170 Å². The van der Waals surface area contributed by atoms with E-state index < -0.39 is 10.0 Å². The van der Waals surface area contributed by atoms with E-state index in [1.807, 2.05) is 54.8 Å². The number of hydrogen-bond acceptors (Lipinski definition) is 5. The Bertz CT molecular complexity index is 854. The van der Waals surface area contributed by atoms with Crippen LogP contribution >= 0.6 is 11.3 Å². The number of ether oxygens (including phenoxy) is 1. The third kappa shape index (κ3) is 6.32. The molecule has 1 fully saturated rings. The van der Waals surface area contributed by atoms with Crippen LogP contribution in [0.1, 0.15) is 23.8 Å². The average Bonchev–Trinajstić information content (AvgIpc) is 3.31. The third-order valence-corrected chi connectivity index (χ3v) is 7.24. The lowest BCUT2D eigenvalue weighted by atomic mass is 10.2. The van der Waals surface area contributed by atoms with Crippen molar-refractivity contribution in [3.8, 4) is 0 Å². The van der Waals surface area contributed by atoms with Crippen LogP contribution in [-0.4, -0.2) is 44.3 Å². The van der Waals surface area contributed by atoms with Crippen molar-refractivity contribution in [2.75, 3.05) is 18.8 Å². The molecule has 3 rings (SSSR count). The Morgan fingerprint density at radius 3 is 2.79 bits per heavy atom. The van der Waals surface area contributed by atoms with E-state index in [0.717, 1.165) is 10.4 Å². The van der Waals surface area contributed by atoms with Gasteiger partial charge in [-0.3, -0.25) is 0 Å². The molecule has 1 aromatic carbocycles. The van der Waals surface area contributed by atoms with Crippen LogP contribution in [0.2, 0.25) is 0 Å². The SMILES string of the molecule is C[C@@H](Cc1cccs1)NS(=O)(=O)C[C@@H]1CCN(C(=O)OCc2ccccc2)C1. The molecule has 1 N–H and O–H groups in total. The molecule has 1 amide bonds. The van der Waals surface area contributed by atoms with E-state index >= 15 is 0 Å². The van der Waals surface area contributed by atoms with Crippen molar-refractivity contribution < 1.29 is 17.9 Å². The van der Waals surface area contributed by atoms with Gasteiger partial charge in [-0.1, -0.05) is 36.4 Å². The zero-order valence-electron chi connectivity index (χ0n) is 15.9. The van der Waals surface area contributed by atoms with Crippen LogP contribution in [0.15, 0.2) is 47.8 Å². The van der Waals surface area contributed by atoms with E-state index in [2.05, 4.69) is 4.72 Å². The second-order valence-electron chi connectivity index (χ2n) is 7.22. The molecule has 2 aromatic rings. The lowest BCUT2D eigenvalue weighted by Crippen LogP contribution is -2.38. The normalized spacial score (nSPS) is 18.2. The van der Waals surface area contributed by atoms with Crippen molar-refractivity contribution in [1.29, 1.82) is 0 Å². The van der Waals surface area contributed by atoms with E-state index in [1.165, 1.54) is 0 Å². The first-order chi connectivity index (χ1) is 13.4. The fourth-order valence-corrected chi connectivity index (χ4v) is 5.90. The van der Waals surface area contributed by atoms with Gasteiger partial charge in [0.2, 0.25) is 10.0 Å². The Morgan fingerprint density at radius 2 is 2.07 bits per heavy atom. The first-order valence-electron chi connectivity index (χ1n) is 9.39. The molecule has 6 nitrogen and oxygen atoms in total. The molecule has 8 heteroatoms. The molecule has 0 aliphatic carbocycles. The van der Waals surface area contributed by atoms with Gasteiger partial charge in [-0.15, -0.1) is 11.3 Å². The molecule has 0 unspecified atom stereocenters. The summed E-state index contributed by atoms with van der Waals surface area (Å²) in [7, 11) is -3.40. The quantitative estimate of drug-likeness (QED) is 0.709. The molecule has 1 aliphatic heterocycles. The summed E-state index contributed by atoms with van der Waals surface area (Å²) in [5.74, 6) is -0.0414. The number of amides is 1. The highest BCUT2D eigenvalue weighted by Crippen LogP contribution is 2.20. The van der Waals surface area contributed by atoms with Gasteiger partial charge in [-0.05, 0) is 42.7 Å². The average molecular weight is 423 g/mol. The molecular formula is C20H26N2O4S2. The number of rotatable bonds is 8. The standard InChI is InChI=1S/C20H26N2O4S2/c1-16(12-19-8-5-11-27-19)21-28(24,25)15-18-9-10-22(13-18)20(23)26-14-17-6-3-2-4-7-17/h2-8,11,16,18,21H,9-10,12-15H2,1H3/t16-,18+/m0/s1. The van der Waals surface area contributed by atoms with Gasteiger partial charge in [-0.25, -0.2) is 17.9 Å². The first kappa shape index (κ1) is 20.8. The van der Waals surface area contributed by atoms with Gasteiger partial charge in [0.1, 0.15) is 6.61 Å². The Kier molecular flexibility index (Phi) is 7.09. The smallest absolute Gasteiger partial charge is 0.410 e. The van der Waals surface area contributed by atoms with Crippen molar-refractivity contribution in [3.05, 3.63) is 58.3 Å². The number of thiophene rings is 1. The summed E-state index contributed by atoms with van der Waals surface area (Å²) in [6.45, 7) is 3.03. The number of carbonyl (C=O) groups excluding carboxylic acids is 1. The minimum absolute atomic E-state index is 0.0320. The summed E-state index contributed by atoms with van der Waals surface area (Å²) in [6, 6.07) is 13.3. The van der Waals surface area contributed by atoms with E-state index in [9.17, 15) is 13.2 Å². The van der Waals surface area contributed by atoms with Crippen molar-refractivity contribution >= 4 is 27.5 Å². The molecule has 2 heterocycles. The number of hydrogen-bond donors (Lipinski definition) is 1. The number of nitrogens with zero attached hydrogens (tertiary/aromatic N) is 1. The van der Waals surface area contributed by atoms with Crippen LogP contribution in [0.25, 0.3) is 0 Å². The van der Waals surface area contributed by atoms with Crippen LogP contribution < -0.4 is 4.72 Å². The number of carbonyl (C=O) groups is 1. The second kappa shape index (κ2) is 9.54. The molecule has 1 aliphatic rings. The maximum Gasteiger partial charge on any atom is 0.410 e. The number of sulfonamides is 1. The van der Waals surface area contributed by atoms with E-state index in [-0.39, 0.29) is 30.4 Å². The molecular weight excluding hydrogens is 396 g/mol. The van der Waals surface area contributed by atoms with Crippen molar-refractivity contribution in [2.45, 2.75) is 32.4 Å². The molecule has 0 bridgehead atoms.